The molecule has 2 N–H and O–H groups in total. The van der Waals surface area contributed by atoms with Crippen molar-refractivity contribution in [2.75, 3.05) is 23.3 Å². The average Bonchev–Trinajstić information content (AvgIpc) is 2.97. The fourth-order valence-corrected chi connectivity index (χ4v) is 2.82. The Morgan fingerprint density at radius 2 is 2.12 bits per heavy atom. The molecular weight excluding hydrogens is 333 g/mol. The molecule has 2 aromatic rings. The smallest absolute Gasteiger partial charge is 0.322 e. The van der Waals surface area contributed by atoms with Gasteiger partial charge in [-0.3, -0.25) is 9.69 Å². The van der Waals surface area contributed by atoms with E-state index in [1.54, 1.807) is 30.0 Å². The normalized spacial score (nSPS) is 13.8. The van der Waals surface area contributed by atoms with E-state index in [9.17, 15) is 14.0 Å². The van der Waals surface area contributed by atoms with E-state index in [1.165, 1.54) is 18.2 Å². The Hall–Kier alpha value is -2.60. The van der Waals surface area contributed by atoms with Crippen molar-refractivity contribution < 1.29 is 14.0 Å². The number of carbonyl (C=O) groups excluding carboxylic acids is 2. The third-order valence-electron chi connectivity index (χ3n) is 3.87. The number of amides is 3. The molecule has 7 heteroatoms. The van der Waals surface area contributed by atoms with E-state index in [-0.39, 0.29) is 11.7 Å². The number of nitrogens with one attached hydrogen (secondary N) is 2. The van der Waals surface area contributed by atoms with Crippen LogP contribution >= 0.6 is 11.6 Å². The molecule has 0 aromatic heterocycles. The summed E-state index contributed by atoms with van der Waals surface area (Å²) in [5.41, 5.74) is 1.68. The molecule has 0 atom stereocenters. The number of anilines is 2. The van der Waals surface area contributed by atoms with Crippen LogP contribution in [0.5, 0.6) is 0 Å². The second kappa shape index (κ2) is 6.49. The lowest BCUT2D eigenvalue weighted by Crippen LogP contribution is -2.29. The number of halogens is 2. The first-order valence-electron chi connectivity index (χ1n) is 7.39. The molecule has 5 nitrogen and oxygen atoms in total. The number of benzene rings is 2. The van der Waals surface area contributed by atoms with Crippen LogP contribution in [0.25, 0.3) is 0 Å². The minimum atomic E-state index is -0.569. The van der Waals surface area contributed by atoms with Crippen LogP contribution in [0.1, 0.15) is 15.9 Å². The van der Waals surface area contributed by atoms with Crippen molar-refractivity contribution in [1.29, 1.82) is 0 Å². The molecule has 124 valence electrons. The number of rotatable bonds is 3. The minimum Gasteiger partial charge on any atom is -0.336 e. The summed E-state index contributed by atoms with van der Waals surface area (Å²) < 4.78 is 13.8. The summed E-state index contributed by atoms with van der Waals surface area (Å²) in [4.78, 5) is 25.9. The predicted octanol–water partition coefficient (Wildman–Crippen LogP) is 3.57. The molecule has 3 rings (SSSR count). The molecule has 1 aliphatic rings. The molecule has 1 heterocycles. The van der Waals surface area contributed by atoms with Gasteiger partial charge in [0.05, 0.1) is 5.69 Å². The van der Waals surface area contributed by atoms with Gasteiger partial charge in [-0.1, -0.05) is 17.7 Å². The molecule has 1 fully saturated rings. The lowest BCUT2D eigenvalue weighted by Gasteiger charge is -2.19. The number of hydrogen-bond acceptors (Lipinski definition) is 2. The van der Waals surface area contributed by atoms with E-state index in [1.807, 2.05) is 0 Å². The highest BCUT2D eigenvalue weighted by atomic mass is 35.5. The van der Waals surface area contributed by atoms with Crippen LogP contribution in [0.3, 0.4) is 0 Å². The first-order valence-corrected chi connectivity index (χ1v) is 7.76. The van der Waals surface area contributed by atoms with Gasteiger partial charge in [-0.25, -0.2) is 9.18 Å². The largest absolute Gasteiger partial charge is 0.336 e. The third-order valence-corrected chi connectivity index (χ3v) is 4.11. The zero-order valence-corrected chi connectivity index (χ0v) is 13.7. The monoisotopic (exact) mass is 347 g/mol. The van der Waals surface area contributed by atoms with Gasteiger partial charge in [0.15, 0.2) is 0 Å². The lowest BCUT2D eigenvalue weighted by molar-refractivity contribution is 0.102. The summed E-state index contributed by atoms with van der Waals surface area (Å²) in [6.07, 6.45) is 0. The fraction of sp³-hybridized carbons (Fsp3) is 0.176. The van der Waals surface area contributed by atoms with E-state index < -0.39 is 11.7 Å². The van der Waals surface area contributed by atoms with Gasteiger partial charge in [0, 0.05) is 29.4 Å². The molecule has 2 aromatic carbocycles. The molecule has 1 aliphatic heterocycles. The summed E-state index contributed by atoms with van der Waals surface area (Å²) in [5, 5.41) is 5.56. The predicted molar refractivity (Wildman–Crippen MR) is 91.3 cm³/mol. The Kier molecular flexibility index (Phi) is 4.40. The Bertz CT molecular complexity index is 825. The molecule has 0 unspecified atom stereocenters. The van der Waals surface area contributed by atoms with Crippen LogP contribution in [-0.2, 0) is 0 Å². The standard InChI is InChI=1S/C17H15ClFN3O2/c1-10-12(3-2-4-15(10)22-8-7-20-17(22)24)16(23)21-14-9-11(18)5-6-13(14)19/h2-6,9H,7-8H2,1H3,(H,20,24)(H,21,23). The molecule has 0 radical (unpaired) electrons. The van der Waals surface area contributed by atoms with Gasteiger partial charge in [-0.2, -0.15) is 0 Å². The van der Waals surface area contributed by atoms with Crippen LogP contribution in [0, 0.1) is 12.7 Å². The van der Waals surface area contributed by atoms with Crippen molar-refractivity contribution in [1.82, 2.24) is 5.32 Å². The van der Waals surface area contributed by atoms with Crippen LogP contribution in [0.2, 0.25) is 5.02 Å². The van der Waals surface area contributed by atoms with Gasteiger partial charge < -0.3 is 10.6 Å². The van der Waals surface area contributed by atoms with Crippen LogP contribution in [0.4, 0.5) is 20.6 Å². The van der Waals surface area contributed by atoms with E-state index in [0.29, 0.717) is 34.9 Å². The first kappa shape index (κ1) is 16.3. The summed E-state index contributed by atoms with van der Waals surface area (Å²) in [6.45, 7) is 2.85. The average molecular weight is 348 g/mol. The molecular formula is C17H15ClFN3O2. The van der Waals surface area contributed by atoms with E-state index in [4.69, 9.17) is 11.6 Å². The Morgan fingerprint density at radius 1 is 1.33 bits per heavy atom. The van der Waals surface area contributed by atoms with Crippen molar-refractivity contribution in [2.45, 2.75) is 6.92 Å². The van der Waals surface area contributed by atoms with Crippen molar-refractivity contribution in [3.63, 3.8) is 0 Å². The van der Waals surface area contributed by atoms with Crippen LogP contribution < -0.4 is 15.5 Å². The number of hydrogen-bond donors (Lipinski definition) is 2. The molecule has 0 bridgehead atoms. The van der Waals surface area contributed by atoms with E-state index in [0.717, 1.165) is 0 Å². The number of nitrogens with zero attached hydrogens (tertiary/aromatic N) is 1. The molecule has 0 aliphatic carbocycles. The number of urea groups is 1. The van der Waals surface area contributed by atoms with Crippen LogP contribution in [0.15, 0.2) is 36.4 Å². The highest BCUT2D eigenvalue weighted by Gasteiger charge is 2.24. The van der Waals surface area contributed by atoms with Crippen molar-refractivity contribution in [2.24, 2.45) is 0 Å². The zero-order valence-electron chi connectivity index (χ0n) is 12.9. The highest BCUT2D eigenvalue weighted by Crippen LogP contribution is 2.26. The SMILES string of the molecule is Cc1c(C(=O)Nc2cc(Cl)ccc2F)cccc1N1CCNC1=O. The molecule has 0 spiro atoms. The Morgan fingerprint density at radius 3 is 2.83 bits per heavy atom. The number of carbonyl (C=O) groups is 2. The lowest BCUT2D eigenvalue weighted by atomic mass is 10.0. The second-order valence-electron chi connectivity index (χ2n) is 5.41. The van der Waals surface area contributed by atoms with Gasteiger partial charge in [0.2, 0.25) is 0 Å². The van der Waals surface area contributed by atoms with Gasteiger partial charge in [0.1, 0.15) is 5.82 Å². The van der Waals surface area contributed by atoms with Gasteiger partial charge in [0.25, 0.3) is 5.91 Å². The summed E-state index contributed by atoms with van der Waals surface area (Å²) in [6, 6.07) is 8.84. The summed E-state index contributed by atoms with van der Waals surface area (Å²) >= 11 is 5.84. The van der Waals surface area contributed by atoms with E-state index in [2.05, 4.69) is 10.6 Å². The Balaban J connectivity index is 1.90. The topological polar surface area (TPSA) is 61.4 Å². The fourth-order valence-electron chi connectivity index (χ4n) is 2.65. The third kappa shape index (κ3) is 3.05. The van der Waals surface area contributed by atoms with Crippen molar-refractivity contribution >= 4 is 34.9 Å². The quantitative estimate of drug-likeness (QED) is 0.891. The van der Waals surface area contributed by atoms with Gasteiger partial charge >= 0.3 is 6.03 Å². The molecule has 0 saturated carbocycles. The first-order chi connectivity index (χ1) is 11.5. The van der Waals surface area contributed by atoms with Crippen molar-refractivity contribution in [3.8, 4) is 0 Å². The second-order valence-corrected chi connectivity index (χ2v) is 5.85. The van der Waals surface area contributed by atoms with E-state index >= 15 is 0 Å². The van der Waals surface area contributed by atoms with Gasteiger partial charge in [-0.15, -0.1) is 0 Å². The molecule has 24 heavy (non-hydrogen) atoms. The summed E-state index contributed by atoms with van der Waals surface area (Å²) in [5.74, 6) is -1.03. The molecule has 3 amide bonds. The molecule has 1 saturated heterocycles. The zero-order chi connectivity index (χ0) is 17.3. The van der Waals surface area contributed by atoms with Crippen LogP contribution in [-0.4, -0.2) is 25.0 Å². The maximum atomic E-state index is 13.8. The van der Waals surface area contributed by atoms with Crippen molar-refractivity contribution in [3.05, 3.63) is 58.4 Å². The minimum absolute atomic E-state index is 0.0104. The Labute approximate surface area is 143 Å². The van der Waals surface area contributed by atoms with Gasteiger partial charge in [-0.05, 0) is 42.8 Å². The maximum absolute atomic E-state index is 13.8. The summed E-state index contributed by atoms with van der Waals surface area (Å²) in [7, 11) is 0. The highest BCUT2D eigenvalue weighted by molar-refractivity contribution is 6.31. The maximum Gasteiger partial charge on any atom is 0.322 e.